The highest BCUT2D eigenvalue weighted by Gasteiger charge is 2.19. The number of aromatic nitrogens is 2. The van der Waals surface area contributed by atoms with E-state index in [9.17, 15) is 4.79 Å². The number of hydrogen-bond donors (Lipinski definition) is 1. The molecule has 0 aliphatic rings. The Balaban J connectivity index is 2.11. The van der Waals surface area contributed by atoms with Crippen molar-refractivity contribution in [1.29, 1.82) is 0 Å². The molecule has 24 heavy (non-hydrogen) atoms. The van der Waals surface area contributed by atoms with Crippen molar-refractivity contribution in [1.82, 2.24) is 9.38 Å². The molecule has 1 N–H and O–H groups in total. The first-order valence-corrected chi connectivity index (χ1v) is 8.02. The van der Waals surface area contributed by atoms with Crippen molar-refractivity contribution < 1.29 is 0 Å². The fraction of sp³-hybridized carbons (Fsp3) is 0. The summed E-state index contributed by atoms with van der Waals surface area (Å²) in [5.74, 6) is 0. The van der Waals surface area contributed by atoms with Crippen LogP contribution in [0.3, 0.4) is 0 Å². The molecule has 0 unspecified atom stereocenters. The van der Waals surface area contributed by atoms with Crippen LogP contribution in [-0.2, 0) is 0 Å². The molecule has 112 valence electrons. The van der Waals surface area contributed by atoms with Crippen LogP contribution in [0.4, 0.5) is 0 Å². The first kappa shape index (κ1) is 12.1. The van der Waals surface area contributed by atoms with E-state index in [1.54, 1.807) is 0 Å². The third kappa shape index (κ3) is 1.24. The molecule has 0 amide bonds. The van der Waals surface area contributed by atoms with E-state index < -0.39 is 0 Å². The zero-order valence-electron chi connectivity index (χ0n) is 12.7. The summed E-state index contributed by atoms with van der Waals surface area (Å²) in [6.07, 6.45) is 0. The molecule has 0 saturated heterocycles. The van der Waals surface area contributed by atoms with Gasteiger partial charge in [0.05, 0.1) is 21.9 Å². The molecule has 0 fully saturated rings. The first-order chi connectivity index (χ1) is 11.8. The van der Waals surface area contributed by atoms with Crippen molar-refractivity contribution >= 4 is 49.0 Å². The molecule has 0 saturated carbocycles. The van der Waals surface area contributed by atoms with E-state index in [1.165, 1.54) is 0 Å². The fourth-order valence-corrected chi connectivity index (χ4v) is 4.11. The van der Waals surface area contributed by atoms with Gasteiger partial charge in [0, 0.05) is 27.1 Å². The molecular formula is C21H12N2O. The minimum Gasteiger partial charge on any atom is -0.354 e. The molecule has 0 aliphatic carbocycles. The molecular weight excluding hydrogens is 296 g/mol. The van der Waals surface area contributed by atoms with Crippen LogP contribution in [0.15, 0.2) is 71.5 Å². The van der Waals surface area contributed by atoms with E-state index in [2.05, 4.69) is 29.2 Å². The Hall–Kier alpha value is -3.33. The number of pyridine rings is 1. The number of nitrogens with one attached hydrogen (secondary N) is 1. The Kier molecular flexibility index (Phi) is 2.00. The summed E-state index contributed by atoms with van der Waals surface area (Å²) < 4.78 is 1.88. The fourth-order valence-electron chi connectivity index (χ4n) is 4.11. The molecule has 0 spiro atoms. The Labute approximate surface area is 136 Å². The number of fused-ring (bicyclic) bond motifs is 7. The highest BCUT2D eigenvalue weighted by Crippen LogP contribution is 2.35. The van der Waals surface area contributed by atoms with Gasteiger partial charge in [0.25, 0.3) is 5.56 Å². The lowest BCUT2D eigenvalue weighted by Gasteiger charge is -2.02. The minimum absolute atomic E-state index is 0.0485. The molecule has 0 atom stereocenters. The summed E-state index contributed by atoms with van der Waals surface area (Å²) in [4.78, 5) is 16.8. The zero-order chi connectivity index (χ0) is 15.8. The van der Waals surface area contributed by atoms with Gasteiger partial charge in [-0.05, 0) is 12.1 Å². The van der Waals surface area contributed by atoms with Crippen LogP contribution in [0.25, 0.3) is 49.0 Å². The maximum atomic E-state index is 13.4. The summed E-state index contributed by atoms with van der Waals surface area (Å²) >= 11 is 0. The quantitative estimate of drug-likeness (QED) is 0.435. The van der Waals surface area contributed by atoms with E-state index in [0.29, 0.717) is 0 Å². The lowest BCUT2D eigenvalue weighted by molar-refractivity contribution is 1.21. The lowest BCUT2D eigenvalue weighted by Crippen LogP contribution is -2.12. The van der Waals surface area contributed by atoms with Gasteiger partial charge in [0.15, 0.2) is 0 Å². The van der Waals surface area contributed by atoms with Crippen molar-refractivity contribution in [3.63, 3.8) is 0 Å². The predicted octanol–water partition coefficient (Wildman–Crippen LogP) is 4.68. The number of aromatic amines is 1. The van der Waals surface area contributed by atoms with Crippen LogP contribution < -0.4 is 5.56 Å². The van der Waals surface area contributed by atoms with Crippen LogP contribution in [0.2, 0.25) is 0 Å². The topological polar surface area (TPSA) is 37.3 Å². The van der Waals surface area contributed by atoms with Crippen molar-refractivity contribution in [2.75, 3.05) is 0 Å². The molecule has 0 bridgehead atoms. The van der Waals surface area contributed by atoms with Gasteiger partial charge in [-0.3, -0.25) is 9.20 Å². The highest BCUT2D eigenvalue weighted by molar-refractivity contribution is 6.23. The van der Waals surface area contributed by atoms with E-state index >= 15 is 0 Å². The average molecular weight is 308 g/mol. The van der Waals surface area contributed by atoms with Crippen molar-refractivity contribution in [3.05, 3.63) is 77.1 Å². The van der Waals surface area contributed by atoms with E-state index in [-0.39, 0.29) is 5.56 Å². The van der Waals surface area contributed by atoms with Crippen molar-refractivity contribution in [3.8, 4) is 0 Å². The Morgan fingerprint density at radius 3 is 2.33 bits per heavy atom. The maximum Gasteiger partial charge on any atom is 0.265 e. The lowest BCUT2D eigenvalue weighted by atomic mass is 10.1. The van der Waals surface area contributed by atoms with Gasteiger partial charge in [-0.2, -0.15) is 0 Å². The third-order valence-corrected chi connectivity index (χ3v) is 5.09. The van der Waals surface area contributed by atoms with Gasteiger partial charge in [0.2, 0.25) is 0 Å². The highest BCUT2D eigenvalue weighted by atomic mass is 16.1. The van der Waals surface area contributed by atoms with E-state index in [1.807, 2.05) is 46.9 Å². The summed E-state index contributed by atoms with van der Waals surface area (Å²) in [6.45, 7) is 0. The Bertz CT molecular complexity index is 1470. The second-order valence-electron chi connectivity index (χ2n) is 6.28. The number of benzene rings is 3. The van der Waals surface area contributed by atoms with Gasteiger partial charge in [-0.15, -0.1) is 0 Å². The number of hydrogen-bond acceptors (Lipinski definition) is 1. The summed E-state index contributed by atoms with van der Waals surface area (Å²) in [5.41, 5.74) is 3.96. The summed E-state index contributed by atoms with van der Waals surface area (Å²) in [6, 6.07) is 22.4. The summed E-state index contributed by atoms with van der Waals surface area (Å²) in [5, 5.41) is 5.09. The van der Waals surface area contributed by atoms with Gasteiger partial charge >= 0.3 is 0 Å². The SMILES string of the molecule is O=c1c2c3ccccc3[nH]c2c2cccc3c4ccccc4n1c32. The van der Waals surface area contributed by atoms with Gasteiger partial charge in [-0.1, -0.05) is 54.6 Å². The molecule has 6 rings (SSSR count). The van der Waals surface area contributed by atoms with E-state index in [4.69, 9.17) is 0 Å². The molecule has 6 aromatic rings. The second-order valence-corrected chi connectivity index (χ2v) is 6.28. The molecule has 0 radical (unpaired) electrons. The third-order valence-electron chi connectivity index (χ3n) is 5.09. The number of nitrogens with zero attached hydrogens (tertiary/aromatic N) is 1. The predicted molar refractivity (Wildman–Crippen MR) is 99.2 cm³/mol. The molecule has 3 heterocycles. The van der Waals surface area contributed by atoms with E-state index in [0.717, 1.165) is 49.0 Å². The average Bonchev–Trinajstić information content (AvgIpc) is 3.17. The number of rotatable bonds is 0. The van der Waals surface area contributed by atoms with Gasteiger partial charge in [0.1, 0.15) is 0 Å². The molecule has 3 nitrogen and oxygen atoms in total. The standard InChI is InChI=1S/C21H12N2O/c24-21-18-14-7-1-3-10-16(14)22-19(18)15-9-5-8-13-12-6-2-4-11-17(12)23(21)20(13)15/h1-11,22H. The second kappa shape index (κ2) is 3.95. The first-order valence-electron chi connectivity index (χ1n) is 8.02. The largest absolute Gasteiger partial charge is 0.354 e. The van der Waals surface area contributed by atoms with Gasteiger partial charge in [-0.25, -0.2) is 0 Å². The molecule has 3 aromatic heterocycles. The minimum atomic E-state index is 0.0485. The van der Waals surface area contributed by atoms with Crippen LogP contribution in [0.5, 0.6) is 0 Å². The van der Waals surface area contributed by atoms with Crippen LogP contribution in [0.1, 0.15) is 0 Å². The van der Waals surface area contributed by atoms with Gasteiger partial charge < -0.3 is 4.98 Å². The maximum absolute atomic E-state index is 13.4. The molecule has 3 aromatic carbocycles. The number of para-hydroxylation sites is 3. The number of H-pyrrole nitrogens is 1. The van der Waals surface area contributed by atoms with Crippen molar-refractivity contribution in [2.45, 2.75) is 0 Å². The smallest absolute Gasteiger partial charge is 0.265 e. The Morgan fingerprint density at radius 1 is 0.708 bits per heavy atom. The molecule has 0 aliphatic heterocycles. The van der Waals surface area contributed by atoms with Crippen LogP contribution >= 0.6 is 0 Å². The van der Waals surface area contributed by atoms with Crippen molar-refractivity contribution in [2.24, 2.45) is 0 Å². The normalized spacial score (nSPS) is 12.3. The monoisotopic (exact) mass is 308 g/mol. The van der Waals surface area contributed by atoms with Crippen LogP contribution in [0, 0.1) is 0 Å². The molecule has 3 heteroatoms. The zero-order valence-corrected chi connectivity index (χ0v) is 12.7. The van der Waals surface area contributed by atoms with Crippen LogP contribution in [-0.4, -0.2) is 9.38 Å². The Morgan fingerprint density at radius 2 is 1.42 bits per heavy atom. The summed E-state index contributed by atoms with van der Waals surface area (Å²) in [7, 11) is 0.